The fraction of sp³-hybridized carbons (Fsp3) is 0.400. The molecule has 0 amide bonds. The van der Waals surface area contributed by atoms with Crippen molar-refractivity contribution in [3.8, 4) is 0 Å². The Kier molecular flexibility index (Phi) is 3.49. The minimum absolute atomic E-state index is 0.210. The number of benzene rings is 2. The van der Waals surface area contributed by atoms with E-state index in [1.807, 2.05) is 0 Å². The highest BCUT2D eigenvalue weighted by atomic mass is 31.1. The molecule has 0 spiro atoms. The Hall–Kier alpha value is -1.13. The van der Waals surface area contributed by atoms with Crippen molar-refractivity contribution in [3.63, 3.8) is 0 Å². The smallest absolute Gasteiger partial charge is 0.0302 e. The van der Waals surface area contributed by atoms with Crippen LogP contribution < -0.4 is 0 Å². The fourth-order valence-electron chi connectivity index (χ4n) is 3.92. The average molecular weight is 296 g/mol. The largest absolute Gasteiger partial charge is 0.109 e. The molecule has 0 N–H and O–H groups in total. The molecule has 0 heterocycles. The van der Waals surface area contributed by atoms with Gasteiger partial charge >= 0.3 is 0 Å². The lowest BCUT2D eigenvalue weighted by Crippen LogP contribution is -2.23. The predicted molar refractivity (Wildman–Crippen MR) is 94.8 cm³/mol. The van der Waals surface area contributed by atoms with Crippen molar-refractivity contribution in [1.29, 1.82) is 0 Å². The summed E-state index contributed by atoms with van der Waals surface area (Å²) in [6.07, 6.45) is 1.27. The van der Waals surface area contributed by atoms with Crippen molar-refractivity contribution in [2.75, 3.05) is 0 Å². The van der Waals surface area contributed by atoms with Gasteiger partial charge in [0.05, 0.1) is 0 Å². The van der Waals surface area contributed by atoms with Crippen LogP contribution in [0.3, 0.4) is 0 Å². The molecular formula is C20H25P. The van der Waals surface area contributed by atoms with Crippen molar-refractivity contribution < 1.29 is 0 Å². The molecule has 2 aromatic rings. The van der Waals surface area contributed by atoms with Crippen LogP contribution in [0, 0.1) is 0 Å². The summed E-state index contributed by atoms with van der Waals surface area (Å²) in [4.78, 5) is 0. The first-order chi connectivity index (χ1) is 9.87. The fourth-order valence-corrected chi connectivity index (χ4v) is 6.43. The Bertz CT molecular complexity index is 570. The molecule has 0 aliphatic heterocycles. The highest BCUT2D eigenvalue weighted by molar-refractivity contribution is 7.42. The first kappa shape index (κ1) is 14.8. The van der Waals surface area contributed by atoms with Crippen molar-refractivity contribution in [2.45, 2.75) is 49.8 Å². The predicted octanol–water partition coefficient (Wildman–Crippen LogP) is 5.61. The van der Waals surface area contributed by atoms with Crippen molar-refractivity contribution in [2.24, 2.45) is 0 Å². The Morgan fingerprint density at radius 2 is 1.24 bits per heavy atom. The third kappa shape index (κ3) is 2.55. The first-order valence-corrected chi connectivity index (χ1v) is 8.78. The molecule has 0 saturated heterocycles. The van der Waals surface area contributed by atoms with Gasteiger partial charge in [0, 0.05) is 10.6 Å². The summed E-state index contributed by atoms with van der Waals surface area (Å²) in [5, 5.41) is 0.772. The molecule has 1 fully saturated rings. The quantitative estimate of drug-likeness (QED) is 0.646. The van der Waals surface area contributed by atoms with E-state index in [2.05, 4.69) is 88.4 Å². The van der Waals surface area contributed by atoms with Gasteiger partial charge in [-0.15, -0.1) is 8.58 Å². The second kappa shape index (κ2) is 4.96. The van der Waals surface area contributed by atoms with E-state index < -0.39 is 0 Å². The maximum Gasteiger partial charge on any atom is 0.0302 e. The van der Waals surface area contributed by atoms with Crippen LogP contribution in [0.2, 0.25) is 0 Å². The second-order valence-electron chi connectivity index (χ2n) is 7.52. The lowest BCUT2D eigenvalue weighted by atomic mass is 9.86. The van der Waals surface area contributed by atoms with Gasteiger partial charge < -0.3 is 0 Å². The molecule has 2 unspecified atom stereocenters. The van der Waals surface area contributed by atoms with Crippen LogP contribution in [0.5, 0.6) is 0 Å². The van der Waals surface area contributed by atoms with E-state index in [1.54, 1.807) is 0 Å². The third-order valence-corrected chi connectivity index (χ3v) is 6.53. The maximum atomic E-state index is 2.48. The van der Waals surface area contributed by atoms with E-state index in [4.69, 9.17) is 0 Å². The van der Waals surface area contributed by atoms with Gasteiger partial charge in [-0.2, -0.15) is 0 Å². The molecule has 1 aliphatic carbocycles. The van der Waals surface area contributed by atoms with Crippen LogP contribution in [0.1, 0.15) is 45.2 Å². The lowest BCUT2D eigenvalue weighted by molar-refractivity contribution is 0.735. The van der Waals surface area contributed by atoms with Crippen LogP contribution >= 0.6 is 8.58 Å². The van der Waals surface area contributed by atoms with Crippen LogP contribution in [0.15, 0.2) is 60.7 Å². The van der Waals surface area contributed by atoms with Crippen LogP contribution in [0.25, 0.3) is 0 Å². The van der Waals surface area contributed by atoms with E-state index in [1.165, 1.54) is 17.5 Å². The van der Waals surface area contributed by atoms with E-state index in [9.17, 15) is 0 Å². The summed E-state index contributed by atoms with van der Waals surface area (Å²) in [5.74, 6) is 0. The van der Waals surface area contributed by atoms with Gasteiger partial charge in [-0.1, -0.05) is 88.4 Å². The van der Waals surface area contributed by atoms with E-state index in [0.717, 1.165) is 8.58 Å². The Morgan fingerprint density at radius 1 is 0.810 bits per heavy atom. The van der Waals surface area contributed by atoms with Gasteiger partial charge in [0.1, 0.15) is 0 Å². The molecule has 1 saturated carbocycles. The minimum atomic E-state index is 0.210. The van der Waals surface area contributed by atoms with Gasteiger partial charge in [-0.05, 0) is 22.7 Å². The van der Waals surface area contributed by atoms with Crippen molar-refractivity contribution in [1.82, 2.24) is 0 Å². The van der Waals surface area contributed by atoms with Gasteiger partial charge in [-0.3, -0.25) is 0 Å². The Labute approximate surface area is 130 Å². The van der Waals surface area contributed by atoms with E-state index in [-0.39, 0.29) is 5.41 Å². The number of hydrogen-bond donors (Lipinski definition) is 0. The minimum Gasteiger partial charge on any atom is -0.109 e. The van der Waals surface area contributed by atoms with Gasteiger partial charge in [0.25, 0.3) is 0 Å². The molecule has 0 aromatic heterocycles. The van der Waals surface area contributed by atoms with Gasteiger partial charge in [0.15, 0.2) is 0 Å². The number of rotatable bonds is 3. The number of hydrogen-bond acceptors (Lipinski definition) is 0. The normalized spacial score (nSPS) is 24.4. The standard InChI is InChI=1S/C20H25P/c1-18(2,3)21-19(4)15-20(19,16-11-7-5-8-12-16)17-13-9-6-10-14-17/h5-14,21H,15H2,1-4H3. The van der Waals surface area contributed by atoms with Crippen LogP contribution in [-0.2, 0) is 5.41 Å². The summed E-state index contributed by atoms with van der Waals surface area (Å²) in [6, 6.07) is 22.2. The summed E-state index contributed by atoms with van der Waals surface area (Å²) in [5.41, 5.74) is 3.17. The molecule has 110 valence electrons. The lowest BCUT2D eigenvalue weighted by Gasteiger charge is -2.30. The maximum absolute atomic E-state index is 2.48. The summed E-state index contributed by atoms with van der Waals surface area (Å²) >= 11 is 0. The Morgan fingerprint density at radius 3 is 1.62 bits per heavy atom. The zero-order valence-corrected chi connectivity index (χ0v) is 14.5. The molecular weight excluding hydrogens is 271 g/mol. The summed E-state index contributed by atoms with van der Waals surface area (Å²) < 4.78 is 0. The molecule has 0 bridgehead atoms. The highest BCUT2D eigenvalue weighted by Crippen LogP contribution is 2.72. The van der Waals surface area contributed by atoms with Crippen molar-refractivity contribution in [3.05, 3.63) is 71.8 Å². The third-order valence-electron chi connectivity index (χ3n) is 4.62. The zero-order valence-electron chi connectivity index (χ0n) is 13.5. The highest BCUT2D eigenvalue weighted by Gasteiger charge is 2.66. The second-order valence-corrected chi connectivity index (χ2v) is 10.4. The molecule has 1 heteroatoms. The molecule has 2 aromatic carbocycles. The van der Waals surface area contributed by atoms with Crippen LogP contribution in [-0.4, -0.2) is 10.3 Å². The zero-order chi connectivity index (χ0) is 15.1. The van der Waals surface area contributed by atoms with Gasteiger partial charge in [-0.25, -0.2) is 0 Å². The molecule has 21 heavy (non-hydrogen) atoms. The van der Waals surface area contributed by atoms with E-state index >= 15 is 0 Å². The first-order valence-electron chi connectivity index (χ1n) is 7.78. The average Bonchev–Trinajstić information content (AvgIpc) is 3.05. The summed E-state index contributed by atoms with van der Waals surface area (Å²) in [6.45, 7) is 9.60. The molecule has 1 aliphatic rings. The molecule has 2 atom stereocenters. The SMILES string of the molecule is CC(C)(C)PC1(C)CC1(c1ccccc1)c1ccccc1. The van der Waals surface area contributed by atoms with Gasteiger partial charge in [0.2, 0.25) is 0 Å². The monoisotopic (exact) mass is 296 g/mol. The topological polar surface area (TPSA) is 0 Å². The van der Waals surface area contributed by atoms with Crippen molar-refractivity contribution >= 4 is 8.58 Å². The summed E-state index contributed by atoms with van der Waals surface area (Å²) in [7, 11) is 0.964. The molecule has 0 radical (unpaired) electrons. The molecule has 3 rings (SSSR count). The molecule has 0 nitrogen and oxygen atoms in total. The van der Waals surface area contributed by atoms with E-state index in [0.29, 0.717) is 10.3 Å². The van der Waals surface area contributed by atoms with Crippen LogP contribution in [0.4, 0.5) is 0 Å². The Balaban J connectivity index is 2.08.